The van der Waals surface area contributed by atoms with Gasteiger partial charge < -0.3 is 9.32 Å². The lowest BCUT2D eigenvalue weighted by molar-refractivity contribution is -0.384. The lowest BCUT2D eigenvalue weighted by Gasteiger charge is -2.36. The predicted octanol–water partition coefficient (Wildman–Crippen LogP) is 4.18. The summed E-state index contributed by atoms with van der Waals surface area (Å²) in [5, 5.41) is 11.4. The van der Waals surface area contributed by atoms with E-state index >= 15 is 0 Å². The van der Waals surface area contributed by atoms with Crippen molar-refractivity contribution in [3.8, 4) is 11.3 Å². The molecule has 1 fully saturated rings. The lowest BCUT2D eigenvalue weighted by atomic mass is 10.1. The topological polar surface area (TPSA) is 62.8 Å². The van der Waals surface area contributed by atoms with Gasteiger partial charge in [-0.25, -0.2) is 0 Å². The highest BCUT2D eigenvalue weighted by Gasteiger charge is 2.22. The van der Waals surface area contributed by atoms with E-state index in [0.29, 0.717) is 11.3 Å². The minimum atomic E-state index is -0.362. The molecule has 1 aromatic heterocycles. The number of nitrogens with zero attached hydrogens (tertiary/aromatic N) is 3. The van der Waals surface area contributed by atoms with E-state index in [4.69, 9.17) is 4.42 Å². The van der Waals surface area contributed by atoms with Crippen LogP contribution >= 0.6 is 0 Å². The van der Waals surface area contributed by atoms with E-state index < -0.39 is 0 Å². The molecule has 0 saturated carbocycles. The van der Waals surface area contributed by atoms with E-state index in [0.717, 1.165) is 38.4 Å². The van der Waals surface area contributed by atoms with Crippen LogP contribution in [0.4, 0.5) is 11.4 Å². The molecule has 0 atom stereocenters. The molecule has 1 aliphatic heterocycles. The Morgan fingerprint density at radius 2 is 1.74 bits per heavy atom. The van der Waals surface area contributed by atoms with Gasteiger partial charge in [-0.05, 0) is 29.8 Å². The molecule has 0 spiro atoms. The fourth-order valence-electron chi connectivity index (χ4n) is 3.51. The monoisotopic (exact) mass is 363 g/mol. The first-order valence-corrected chi connectivity index (χ1v) is 9.04. The van der Waals surface area contributed by atoms with Crippen LogP contribution in [0, 0.1) is 10.1 Å². The summed E-state index contributed by atoms with van der Waals surface area (Å²) in [5.41, 5.74) is 2.90. The number of hydrogen-bond acceptors (Lipinski definition) is 5. The number of piperazine rings is 1. The summed E-state index contributed by atoms with van der Waals surface area (Å²) < 4.78 is 5.40. The van der Waals surface area contributed by atoms with E-state index in [-0.39, 0.29) is 10.6 Å². The second-order valence-corrected chi connectivity index (χ2v) is 6.68. The summed E-state index contributed by atoms with van der Waals surface area (Å²) in [4.78, 5) is 15.7. The van der Waals surface area contributed by atoms with Crippen molar-refractivity contribution in [2.24, 2.45) is 0 Å². The first kappa shape index (κ1) is 17.3. The Labute approximate surface area is 157 Å². The molecule has 6 nitrogen and oxygen atoms in total. The van der Waals surface area contributed by atoms with Crippen molar-refractivity contribution in [2.45, 2.75) is 6.54 Å². The van der Waals surface area contributed by atoms with Gasteiger partial charge in [0.1, 0.15) is 5.76 Å². The maximum atomic E-state index is 11.4. The van der Waals surface area contributed by atoms with E-state index in [1.807, 2.05) is 18.2 Å². The maximum absolute atomic E-state index is 11.4. The van der Waals surface area contributed by atoms with E-state index in [9.17, 15) is 10.1 Å². The van der Waals surface area contributed by atoms with Crippen LogP contribution in [-0.4, -0.2) is 36.0 Å². The molecule has 0 radical (unpaired) electrons. The molecule has 2 heterocycles. The quantitative estimate of drug-likeness (QED) is 0.503. The zero-order chi connectivity index (χ0) is 18.6. The van der Waals surface area contributed by atoms with Crippen molar-refractivity contribution in [3.63, 3.8) is 0 Å². The van der Waals surface area contributed by atoms with Crippen LogP contribution in [0.1, 0.15) is 5.56 Å². The molecule has 1 aliphatic rings. The summed E-state index contributed by atoms with van der Waals surface area (Å²) >= 11 is 0. The van der Waals surface area contributed by atoms with Crippen molar-refractivity contribution in [3.05, 3.63) is 82.6 Å². The standard InChI is InChI=1S/C21H21N3O3/c25-24(26)20-9-8-18(15-19(20)21-7-4-14-27-21)23-12-10-22(11-13-23)16-17-5-2-1-3-6-17/h1-9,14-15H,10-13,16H2. The summed E-state index contributed by atoms with van der Waals surface area (Å²) in [5.74, 6) is 0.520. The third-order valence-corrected chi connectivity index (χ3v) is 4.95. The van der Waals surface area contributed by atoms with Crippen molar-refractivity contribution in [1.82, 2.24) is 4.90 Å². The molecular formula is C21H21N3O3. The molecule has 0 aliphatic carbocycles. The smallest absolute Gasteiger partial charge is 0.280 e. The van der Waals surface area contributed by atoms with Gasteiger partial charge in [0.05, 0.1) is 16.7 Å². The molecule has 3 aromatic rings. The van der Waals surface area contributed by atoms with Gasteiger partial charge in [0.2, 0.25) is 0 Å². The molecule has 138 valence electrons. The Bertz CT molecular complexity index is 902. The Hall–Kier alpha value is -3.12. The molecule has 0 unspecified atom stereocenters. The molecule has 4 rings (SSSR count). The van der Waals surface area contributed by atoms with Gasteiger partial charge in [-0.3, -0.25) is 15.0 Å². The van der Waals surface area contributed by atoms with Crippen molar-refractivity contribution in [2.75, 3.05) is 31.1 Å². The van der Waals surface area contributed by atoms with Gasteiger partial charge in [0, 0.05) is 44.5 Å². The van der Waals surface area contributed by atoms with Gasteiger partial charge in [-0.2, -0.15) is 0 Å². The summed E-state index contributed by atoms with van der Waals surface area (Å²) in [7, 11) is 0. The largest absolute Gasteiger partial charge is 0.464 e. The molecule has 2 aromatic carbocycles. The van der Waals surface area contributed by atoms with Crippen molar-refractivity contribution in [1.29, 1.82) is 0 Å². The van der Waals surface area contributed by atoms with Gasteiger partial charge >= 0.3 is 0 Å². The van der Waals surface area contributed by atoms with E-state index in [1.165, 1.54) is 11.8 Å². The number of anilines is 1. The Kier molecular flexibility index (Phi) is 4.89. The van der Waals surface area contributed by atoms with Crippen LogP contribution in [0.15, 0.2) is 71.3 Å². The second-order valence-electron chi connectivity index (χ2n) is 6.68. The van der Waals surface area contributed by atoms with E-state index in [2.05, 4.69) is 34.1 Å². The number of nitro groups is 1. The number of hydrogen-bond donors (Lipinski definition) is 0. The van der Waals surface area contributed by atoms with Gasteiger partial charge in [-0.1, -0.05) is 30.3 Å². The Morgan fingerprint density at radius 1 is 0.963 bits per heavy atom. The second kappa shape index (κ2) is 7.63. The fourth-order valence-corrected chi connectivity index (χ4v) is 3.51. The summed E-state index contributed by atoms with van der Waals surface area (Å²) in [6.07, 6.45) is 1.54. The highest BCUT2D eigenvalue weighted by Crippen LogP contribution is 2.34. The minimum Gasteiger partial charge on any atom is -0.464 e. The van der Waals surface area contributed by atoms with Crippen LogP contribution in [0.5, 0.6) is 0 Å². The van der Waals surface area contributed by atoms with Gasteiger partial charge in [-0.15, -0.1) is 0 Å². The average Bonchev–Trinajstić information content (AvgIpc) is 3.24. The number of benzene rings is 2. The van der Waals surface area contributed by atoms with Crippen molar-refractivity contribution < 1.29 is 9.34 Å². The van der Waals surface area contributed by atoms with Crippen LogP contribution in [0.3, 0.4) is 0 Å². The molecule has 27 heavy (non-hydrogen) atoms. The van der Waals surface area contributed by atoms with E-state index in [1.54, 1.807) is 18.2 Å². The Balaban J connectivity index is 1.48. The first-order chi connectivity index (χ1) is 13.2. The molecular weight excluding hydrogens is 342 g/mol. The lowest BCUT2D eigenvalue weighted by Crippen LogP contribution is -2.45. The molecule has 6 heteroatoms. The van der Waals surface area contributed by atoms with Gasteiger partial charge in [0.25, 0.3) is 5.69 Å². The van der Waals surface area contributed by atoms with Crippen LogP contribution < -0.4 is 4.90 Å². The normalized spacial score (nSPS) is 15.0. The first-order valence-electron chi connectivity index (χ1n) is 9.04. The maximum Gasteiger partial charge on any atom is 0.280 e. The number of furan rings is 1. The molecule has 0 N–H and O–H groups in total. The highest BCUT2D eigenvalue weighted by atomic mass is 16.6. The number of rotatable bonds is 5. The molecule has 0 bridgehead atoms. The average molecular weight is 363 g/mol. The Morgan fingerprint density at radius 3 is 2.41 bits per heavy atom. The summed E-state index contributed by atoms with van der Waals surface area (Å²) in [6.45, 7) is 4.65. The molecule has 0 amide bonds. The third-order valence-electron chi connectivity index (χ3n) is 4.95. The zero-order valence-electron chi connectivity index (χ0n) is 15.0. The molecule has 1 saturated heterocycles. The zero-order valence-corrected chi connectivity index (χ0v) is 15.0. The van der Waals surface area contributed by atoms with Crippen LogP contribution in [-0.2, 0) is 6.54 Å². The SMILES string of the molecule is O=[N+]([O-])c1ccc(N2CCN(Cc3ccccc3)CC2)cc1-c1ccco1. The van der Waals surface area contributed by atoms with Crippen molar-refractivity contribution >= 4 is 11.4 Å². The fraction of sp³-hybridized carbons (Fsp3) is 0.238. The predicted molar refractivity (Wildman–Crippen MR) is 105 cm³/mol. The number of nitro benzene ring substituents is 1. The minimum absolute atomic E-state index is 0.0661. The third kappa shape index (κ3) is 3.85. The van der Waals surface area contributed by atoms with Crippen LogP contribution in [0.25, 0.3) is 11.3 Å². The van der Waals surface area contributed by atoms with Gasteiger partial charge in [0.15, 0.2) is 0 Å². The highest BCUT2D eigenvalue weighted by molar-refractivity contribution is 5.74. The van der Waals surface area contributed by atoms with Crippen LogP contribution in [0.2, 0.25) is 0 Å². The summed E-state index contributed by atoms with van der Waals surface area (Å²) in [6, 6.07) is 19.2.